The van der Waals surface area contributed by atoms with E-state index in [0.717, 1.165) is 10.9 Å². The summed E-state index contributed by atoms with van der Waals surface area (Å²) < 4.78 is 12.7. The molecule has 0 saturated carbocycles. The fraction of sp³-hybridized carbons (Fsp3) is 0.238. The van der Waals surface area contributed by atoms with Crippen LogP contribution < -0.4 is 14.9 Å². The molecule has 1 N–H and O–H groups in total. The first kappa shape index (κ1) is 20.8. The van der Waals surface area contributed by atoms with E-state index in [0.29, 0.717) is 17.9 Å². The number of nitro benzene ring substituents is 1. The molecule has 1 aromatic heterocycles. The van der Waals surface area contributed by atoms with Gasteiger partial charge in [-0.1, -0.05) is 18.2 Å². The number of para-hydroxylation sites is 1. The zero-order chi connectivity index (χ0) is 21.7. The molecule has 0 fully saturated rings. The Balaban J connectivity index is 1.85. The molecule has 0 aliphatic heterocycles. The van der Waals surface area contributed by atoms with Gasteiger partial charge in [-0.2, -0.15) is 5.10 Å². The van der Waals surface area contributed by atoms with Gasteiger partial charge in [-0.25, -0.2) is 5.43 Å². The zero-order valence-electron chi connectivity index (χ0n) is 16.9. The average molecular weight is 410 g/mol. The minimum atomic E-state index is -0.543. The van der Waals surface area contributed by atoms with Crippen LogP contribution in [0.25, 0.3) is 10.9 Å². The van der Waals surface area contributed by atoms with Crippen LogP contribution in [-0.4, -0.2) is 34.8 Å². The lowest BCUT2D eigenvalue weighted by molar-refractivity contribution is -0.385. The molecule has 1 heterocycles. The summed E-state index contributed by atoms with van der Waals surface area (Å²) in [5.41, 5.74) is 3.99. The van der Waals surface area contributed by atoms with Crippen molar-refractivity contribution in [3.05, 3.63) is 63.8 Å². The van der Waals surface area contributed by atoms with Crippen molar-refractivity contribution in [1.29, 1.82) is 0 Å². The van der Waals surface area contributed by atoms with Crippen molar-refractivity contribution in [2.75, 3.05) is 13.2 Å². The number of aromatic nitrogens is 1. The number of rotatable bonds is 8. The number of nitrogens with one attached hydrogen (secondary N) is 1. The summed E-state index contributed by atoms with van der Waals surface area (Å²) >= 11 is 0. The molecule has 2 aromatic carbocycles. The average Bonchev–Trinajstić information content (AvgIpc) is 3.06. The Morgan fingerprint density at radius 2 is 1.93 bits per heavy atom. The molecule has 9 nitrogen and oxygen atoms in total. The van der Waals surface area contributed by atoms with E-state index in [9.17, 15) is 14.9 Å². The number of aryl methyl sites for hydroxylation is 1. The van der Waals surface area contributed by atoms with Gasteiger partial charge in [-0.3, -0.25) is 14.9 Å². The van der Waals surface area contributed by atoms with Crippen molar-refractivity contribution in [2.45, 2.75) is 13.8 Å². The highest BCUT2D eigenvalue weighted by Crippen LogP contribution is 2.38. The Morgan fingerprint density at radius 3 is 2.60 bits per heavy atom. The largest absolute Gasteiger partial charge is 0.490 e. The van der Waals surface area contributed by atoms with Crippen LogP contribution in [0.5, 0.6) is 11.5 Å². The molecule has 3 aromatic rings. The summed E-state index contributed by atoms with van der Waals surface area (Å²) in [5.74, 6) is -0.0773. The van der Waals surface area contributed by atoms with Crippen molar-refractivity contribution in [3.63, 3.8) is 0 Å². The minimum Gasteiger partial charge on any atom is -0.490 e. The van der Waals surface area contributed by atoms with Crippen LogP contribution in [0.15, 0.2) is 47.6 Å². The normalized spacial score (nSPS) is 11.0. The Bertz CT molecular complexity index is 1120. The second kappa shape index (κ2) is 9.08. The molecule has 0 bridgehead atoms. The summed E-state index contributed by atoms with van der Waals surface area (Å²) in [5, 5.41) is 16.3. The lowest BCUT2D eigenvalue weighted by Crippen LogP contribution is -2.20. The number of carbonyl (C=O) groups excluding carboxylic acids is 1. The molecular weight excluding hydrogens is 388 g/mol. The SMILES string of the molecule is CCOc1cc(/C=N/NC(=O)c2cc3ccccc3n2C)cc([N+](=O)[O-])c1OCC. The van der Waals surface area contributed by atoms with Gasteiger partial charge in [0.1, 0.15) is 5.69 Å². The van der Waals surface area contributed by atoms with Crippen LogP contribution in [0.3, 0.4) is 0 Å². The van der Waals surface area contributed by atoms with Gasteiger partial charge in [0.05, 0.1) is 24.4 Å². The van der Waals surface area contributed by atoms with Gasteiger partial charge < -0.3 is 14.0 Å². The molecule has 30 heavy (non-hydrogen) atoms. The van der Waals surface area contributed by atoms with Crippen molar-refractivity contribution < 1.29 is 19.2 Å². The van der Waals surface area contributed by atoms with Crippen molar-refractivity contribution in [1.82, 2.24) is 9.99 Å². The first-order valence-corrected chi connectivity index (χ1v) is 9.42. The maximum absolute atomic E-state index is 12.5. The van der Waals surface area contributed by atoms with E-state index < -0.39 is 10.8 Å². The smallest absolute Gasteiger partial charge is 0.315 e. The first-order valence-electron chi connectivity index (χ1n) is 9.42. The summed E-state index contributed by atoms with van der Waals surface area (Å²) in [6.07, 6.45) is 1.33. The summed E-state index contributed by atoms with van der Waals surface area (Å²) in [6.45, 7) is 4.08. The van der Waals surface area contributed by atoms with Gasteiger partial charge in [0.15, 0.2) is 5.75 Å². The van der Waals surface area contributed by atoms with E-state index in [1.54, 1.807) is 37.6 Å². The highest BCUT2D eigenvalue weighted by Gasteiger charge is 2.22. The fourth-order valence-corrected chi connectivity index (χ4v) is 3.10. The Kier molecular flexibility index (Phi) is 6.31. The number of fused-ring (bicyclic) bond motifs is 1. The Hall–Kier alpha value is -3.88. The van der Waals surface area contributed by atoms with Gasteiger partial charge >= 0.3 is 5.69 Å². The third kappa shape index (κ3) is 4.24. The molecule has 156 valence electrons. The monoisotopic (exact) mass is 410 g/mol. The van der Waals surface area contributed by atoms with Crippen LogP contribution in [-0.2, 0) is 7.05 Å². The van der Waals surface area contributed by atoms with E-state index in [-0.39, 0.29) is 23.8 Å². The minimum absolute atomic E-state index is 0.0704. The van der Waals surface area contributed by atoms with E-state index in [1.165, 1.54) is 12.3 Å². The second-order valence-corrected chi connectivity index (χ2v) is 6.34. The topological polar surface area (TPSA) is 108 Å². The lowest BCUT2D eigenvalue weighted by atomic mass is 10.2. The second-order valence-electron chi connectivity index (χ2n) is 6.34. The van der Waals surface area contributed by atoms with Gasteiger partial charge in [-0.05, 0) is 32.0 Å². The Labute approximate surface area is 173 Å². The zero-order valence-corrected chi connectivity index (χ0v) is 16.9. The third-order valence-corrected chi connectivity index (χ3v) is 4.41. The molecule has 3 rings (SSSR count). The van der Waals surface area contributed by atoms with Gasteiger partial charge in [0.2, 0.25) is 5.75 Å². The van der Waals surface area contributed by atoms with Crippen LogP contribution >= 0.6 is 0 Å². The Morgan fingerprint density at radius 1 is 1.20 bits per heavy atom. The number of hydrogen-bond acceptors (Lipinski definition) is 6. The van der Waals surface area contributed by atoms with Crippen molar-refractivity contribution in [3.8, 4) is 11.5 Å². The number of nitrogens with zero attached hydrogens (tertiary/aromatic N) is 3. The number of benzene rings is 2. The van der Waals surface area contributed by atoms with Crippen LogP contribution in [0.1, 0.15) is 29.9 Å². The molecule has 1 amide bonds. The van der Waals surface area contributed by atoms with Gasteiger partial charge in [-0.15, -0.1) is 0 Å². The number of hydrogen-bond donors (Lipinski definition) is 1. The summed E-state index contributed by atoms with van der Waals surface area (Å²) in [7, 11) is 1.80. The number of amides is 1. The third-order valence-electron chi connectivity index (χ3n) is 4.41. The number of hydrazone groups is 1. The molecule has 0 aliphatic rings. The molecule has 0 aliphatic carbocycles. The molecule has 0 unspecified atom stereocenters. The van der Waals surface area contributed by atoms with E-state index in [2.05, 4.69) is 10.5 Å². The van der Waals surface area contributed by atoms with E-state index in [1.807, 2.05) is 24.3 Å². The lowest BCUT2D eigenvalue weighted by Gasteiger charge is -2.11. The molecule has 0 saturated heterocycles. The quantitative estimate of drug-likeness (QED) is 0.346. The number of nitro groups is 1. The van der Waals surface area contributed by atoms with Crippen molar-refractivity contribution >= 4 is 28.7 Å². The fourth-order valence-electron chi connectivity index (χ4n) is 3.10. The standard InChI is InChI=1S/C21H22N4O5/c1-4-29-19-11-14(10-17(25(27)28)20(19)30-5-2)13-22-23-21(26)18-12-15-8-6-7-9-16(15)24(18)3/h6-13H,4-5H2,1-3H3,(H,23,26)/b22-13+. The maximum atomic E-state index is 12.5. The highest BCUT2D eigenvalue weighted by molar-refractivity contribution is 5.99. The summed E-state index contributed by atoms with van der Waals surface area (Å²) in [6, 6.07) is 12.3. The molecule has 0 radical (unpaired) electrons. The van der Waals surface area contributed by atoms with E-state index in [4.69, 9.17) is 9.47 Å². The first-order chi connectivity index (χ1) is 14.5. The molecule has 0 atom stereocenters. The highest BCUT2D eigenvalue weighted by atomic mass is 16.6. The van der Waals surface area contributed by atoms with Gasteiger partial charge in [0.25, 0.3) is 5.91 Å². The predicted molar refractivity (Wildman–Crippen MR) is 113 cm³/mol. The van der Waals surface area contributed by atoms with Crippen molar-refractivity contribution in [2.24, 2.45) is 12.1 Å². The van der Waals surface area contributed by atoms with Crippen LogP contribution in [0.2, 0.25) is 0 Å². The molecular formula is C21H22N4O5. The van der Waals surface area contributed by atoms with Crippen LogP contribution in [0.4, 0.5) is 5.69 Å². The van der Waals surface area contributed by atoms with E-state index >= 15 is 0 Å². The summed E-state index contributed by atoms with van der Waals surface area (Å²) in [4.78, 5) is 23.4. The number of ether oxygens (including phenoxy) is 2. The van der Waals surface area contributed by atoms with Gasteiger partial charge in [0, 0.05) is 29.6 Å². The predicted octanol–water partition coefficient (Wildman–Crippen LogP) is 3.65. The van der Waals surface area contributed by atoms with Crippen LogP contribution in [0, 0.1) is 10.1 Å². The molecule has 9 heteroatoms. The number of carbonyl (C=O) groups is 1. The maximum Gasteiger partial charge on any atom is 0.315 e. The molecule has 0 spiro atoms.